The number of carbonyl (C=O) groups excluding carboxylic acids is 1. The maximum Gasteiger partial charge on any atom is 0.271 e. The zero-order chi connectivity index (χ0) is 26.0. The lowest BCUT2D eigenvalue weighted by Crippen LogP contribution is -2.39. The Morgan fingerprint density at radius 2 is 1.86 bits per heavy atom. The highest BCUT2D eigenvalue weighted by atomic mass is 32.1. The summed E-state index contributed by atoms with van der Waals surface area (Å²) in [5, 5.41) is 1.97. The van der Waals surface area contributed by atoms with Crippen molar-refractivity contribution in [2.24, 2.45) is 4.99 Å². The molecule has 2 aliphatic rings. The average Bonchev–Trinajstić information content (AvgIpc) is 3.60. The largest absolute Gasteiger partial charge is 0.496 e. The van der Waals surface area contributed by atoms with Crippen molar-refractivity contribution < 1.29 is 9.53 Å². The highest BCUT2D eigenvalue weighted by Crippen LogP contribution is 2.40. The third kappa shape index (κ3) is 3.72. The van der Waals surface area contributed by atoms with Crippen LogP contribution in [-0.4, -0.2) is 22.0 Å². The molecule has 1 aliphatic carbocycles. The number of nitrogens with zero attached hydrogens (tertiary/aromatic N) is 3. The summed E-state index contributed by atoms with van der Waals surface area (Å²) in [5.41, 5.74) is 5.25. The van der Waals surface area contributed by atoms with Crippen LogP contribution < -0.4 is 19.6 Å². The molecule has 1 saturated carbocycles. The van der Waals surface area contributed by atoms with Gasteiger partial charge in [-0.15, -0.1) is 0 Å². The summed E-state index contributed by atoms with van der Waals surface area (Å²) in [4.78, 5) is 32.4. The zero-order valence-electron chi connectivity index (χ0n) is 21.7. The van der Waals surface area contributed by atoms with Gasteiger partial charge in [-0.25, -0.2) is 4.99 Å². The van der Waals surface area contributed by atoms with Crippen molar-refractivity contribution in [2.75, 3.05) is 7.11 Å². The van der Waals surface area contributed by atoms with Crippen LogP contribution >= 0.6 is 11.3 Å². The molecule has 0 bridgehead atoms. The van der Waals surface area contributed by atoms with E-state index in [9.17, 15) is 9.59 Å². The van der Waals surface area contributed by atoms with Gasteiger partial charge in [0.05, 0.1) is 17.7 Å². The van der Waals surface area contributed by atoms with E-state index in [0.717, 1.165) is 21.9 Å². The van der Waals surface area contributed by atoms with Gasteiger partial charge in [0.15, 0.2) is 10.6 Å². The van der Waals surface area contributed by atoms with Crippen LogP contribution in [0, 0.1) is 13.8 Å². The number of ketones is 1. The molecule has 0 amide bonds. The molecule has 0 unspecified atom stereocenters. The molecule has 0 radical (unpaired) electrons. The molecular formula is C30H29N3O3S. The number of ether oxygens (including phenoxy) is 1. The fourth-order valence-electron chi connectivity index (χ4n) is 5.76. The molecule has 7 heteroatoms. The molecule has 37 heavy (non-hydrogen) atoms. The van der Waals surface area contributed by atoms with E-state index in [2.05, 4.69) is 24.5 Å². The molecule has 188 valence electrons. The maximum atomic E-state index is 14.1. The normalized spacial score (nSPS) is 17.8. The highest BCUT2D eigenvalue weighted by Gasteiger charge is 2.34. The Hall–Kier alpha value is -3.71. The molecule has 2 aromatic carbocycles. The van der Waals surface area contributed by atoms with Crippen LogP contribution in [0.25, 0.3) is 16.8 Å². The number of Topliss-reactive ketones (excluding diaryl/α,β-unsaturated/α-hetero) is 1. The topological polar surface area (TPSA) is 65.6 Å². The third-order valence-corrected chi connectivity index (χ3v) is 8.53. The van der Waals surface area contributed by atoms with Crippen molar-refractivity contribution >= 4 is 34.0 Å². The molecule has 1 fully saturated rings. The van der Waals surface area contributed by atoms with Crippen LogP contribution in [0.1, 0.15) is 61.3 Å². The van der Waals surface area contributed by atoms with Crippen LogP contribution in [0.15, 0.2) is 63.5 Å². The fourth-order valence-corrected chi connectivity index (χ4v) is 6.80. The summed E-state index contributed by atoms with van der Waals surface area (Å²) in [6.07, 6.45) is 4.39. The smallest absolute Gasteiger partial charge is 0.271 e. The summed E-state index contributed by atoms with van der Waals surface area (Å²) >= 11 is 1.37. The van der Waals surface area contributed by atoms with Crippen molar-refractivity contribution in [3.05, 3.63) is 95.9 Å². The lowest BCUT2D eigenvalue weighted by atomic mass is 9.89. The zero-order valence-corrected chi connectivity index (χ0v) is 22.5. The number of benzene rings is 2. The monoisotopic (exact) mass is 511 g/mol. The molecule has 0 saturated heterocycles. The SMILES string of the molecule is COc1ccc2ccccc2c1[C@H]1C(C(C)=O)=C(C)N=c2sc(=Cc3cc(C)n(C4CC4)c3C)c(=O)n21. The lowest BCUT2D eigenvalue weighted by molar-refractivity contribution is -0.114. The predicted molar refractivity (Wildman–Crippen MR) is 147 cm³/mol. The standard InChI is InChI=1S/C30H29N3O3S/c1-16-14-21(18(3)32(16)22-11-12-22)15-25-29(35)33-28(26(19(4)34)17(2)31-30(33)37-25)27-23-9-7-6-8-20(23)10-13-24(27)36-5/h6-10,13-15,22,28H,11-12H2,1-5H3/t28-/m1/s1. The summed E-state index contributed by atoms with van der Waals surface area (Å²) in [6.45, 7) is 7.64. The van der Waals surface area contributed by atoms with Crippen LogP contribution in [0.3, 0.4) is 0 Å². The van der Waals surface area contributed by atoms with Crippen LogP contribution in [0.5, 0.6) is 5.75 Å². The Morgan fingerprint density at radius 1 is 1.11 bits per heavy atom. The number of hydrogen-bond donors (Lipinski definition) is 0. The third-order valence-electron chi connectivity index (χ3n) is 7.55. The molecule has 6 rings (SSSR count). The van der Waals surface area contributed by atoms with Gasteiger partial charge in [-0.05, 0) is 75.1 Å². The van der Waals surface area contributed by atoms with Crippen molar-refractivity contribution in [3.8, 4) is 5.75 Å². The number of rotatable bonds is 5. The number of methoxy groups -OCH3 is 1. The summed E-state index contributed by atoms with van der Waals surface area (Å²) < 4.78 is 10.5. The first-order valence-corrected chi connectivity index (χ1v) is 13.4. The Morgan fingerprint density at radius 3 is 2.57 bits per heavy atom. The van der Waals surface area contributed by atoms with Crippen LogP contribution in [-0.2, 0) is 4.79 Å². The molecule has 1 atom stereocenters. The van der Waals surface area contributed by atoms with Crippen molar-refractivity contribution in [2.45, 2.75) is 52.6 Å². The van der Waals surface area contributed by atoms with Crippen molar-refractivity contribution in [1.82, 2.24) is 9.13 Å². The Kier molecular flexibility index (Phi) is 5.57. The maximum absolute atomic E-state index is 14.1. The van der Waals surface area contributed by atoms with Gasteiger partial charge in [-0.1, -0.05) is 41.7 Å². The Labute approximate surface area is 218 Å². The van der Waals surface area contributed by atoms with Gasteiger partial charge in [0.25, 0.3) is 5.56 Å². The number of aryl methyl sites for hydroxylation is 1. The molecule has 4 aromatic rings. The van der Waals surface area contributed by atoms with Gasteiger partial charge in [0.2, 0.25) is 0 Å². The number of carbonyl (C=O) groups is 1. The molecule has 6 nitrogen and oxygen atoms in total. The van der Waals surface area contributed by atoms with Gasteiger partial charge in [-0.2, -0.15) is 0 Å². The van der Waals surface area contributed by atoms with E-state index < -0.39 is 6.04 Å². The first kappa shape index (κ1) is 23.7. The first-order chi connectivity index (χ1) is 17.8. The van der Waals surface area contributed by atoms with E-state index in [1.54, 1.807) is 18.6 Å². The molecule has 1 aliphatic heterocycles. The van der Waals surface area contributed by atoms with Crippen molar-refractivity contribution in [1.29, 1.82) is 0 Å². The van der Waals surface area contributed by atoms with E-state index in [0.29, 0.717) is 32.4 Å². The van der Waals surface area contributed by atoms with E-state index in [-0.39, 0.29) is 11.3 Å². The minimum atomic E-state index is -0.629. The lowest BCUT2D eigenvalue weighted by Gasteiger charge is -2.27. The number of thiazole rings is 1. The quantitative estimate of drug-likeness (QED) is 0.389. The van der Waals surface area contributed by atoms with Crippen LogP contribution in [0.2, 0.25) is 0 Å². The van der Waals surface area contributed by atoms with E-state index in [1.165, 1.54) is 35.6 Å². The second-order valence-electron chi connectivity index (χ2n) is 9.97. The Bertz CT molecular complexity index is 1810. The van der Waals surface area contributed by atoms with Gasteiger partial charge in [0.1, 0.15) is 5.75 Å². The molecule has 0 spiro atoms. The molecule has 2 aromatic heterocycles. The number of allylic oxidation sites excluding steroid dienone is 2. The molecular weight excluding hydrogens is 482 g/mol. The number of hydrogen-bond acceptors (Lipinski definition) is 5. The van der Waals surface area contributed by atoms with Gasteiger partial charge < -0.3 is 9.30 Å². The minimum Gasteiger partial charge on any atom is -0.496 e. The minimum absolute atomic E-state index is 0.108. The van der Waals surface area contributed by atoms with Gasteiger partial charge >= 0.3 is 0 Å². The van der Waals surface area contributed by atoms with E-state index >= 15 is 0 Å². The molecule has 3 heterocycles. The summed E-state index contributed by atoms with van der Waals surface area (Å²) in [6, 6.07) is 14.0. The Balaban J connectivity index is 1.64. The summed E-state index contributed by atoms with van der Waals surface area (Å²) in [7, 11) is 1.62. The van der Waals surface area contributed by atoms with Gasteiger partial charge in [-0.3, -0.25) is 14.2 Å². The average molecular weight is 512 g/mol. The predicted octanol–water partition coefficient (Wildman–Crippen LogP) is 4.74. The summed E-state index contributed by atoms with van der Waals surface area (Å²) in [5.74, 6) is 0.531. The second-order valence-corrected chi connectivity index (χ2v) is 11.0. The van der Waals surface area contributed by atoms with Gasteiger partial charge in [0, 0.05) is 34.3 Å². The first-order valence-electron chi connectivity index (χ1n) is 12.6. The number of fused-ring (bicyclic) bond motifs is 2. The van der Waals surface area contributed by atoms with E-state index in [1.807, 2.05) is 49.4 Å². The second kappa shape index (κ2) is 8.70. The van der Waals surface area contributed by atoms with Crippen molar-refractivity contribution in [3.63, 3.8) is 0 Å². The van der Waals surface area contributed by atoms with Crippen LogP contribution in [0.4, 0.5) is 0 Å². The number of aromatic nitrogens is 2. The fraction of sp³-hybridized carbons (Fsp3) is 0.300. The van der Waals surface area contributed by atoms with E-state index in [4.69, 9.17) is 9.73 Å². The highest BCUT2D eigenvalue weighted by molar-refractivity contribution is 7.07. The molecule has 0 N–H and O–H groups in total.